The fraction of sp³-hybridized carbons (Fsp3) is 0.459. The lowest BCUT2D eigenvalue weighted by Gasteiger charge is -2.30. The Morgan fingerprint density at radius 3 is 2.19 bits per heavy atom. The van der Waals surface area contributed by atoms with Crippen molar-refractivity contribution in [2.75, 3.05) is 36.0 Å². The van der Waals surface area contributed by atoms with Gasteiger partial charge in [0.25, 0.3) is 30.4 Å². The molecule has 1 atom stereocenters. The van der Waals surface area contributed by atoms with E-state index in [4.69, 9.17) is 4.42 Å². The van der Waals surface area contributed by atoms with Gasteiger partial charge in [-0.3, -0.25) is 18.5 Å². The van der Waals surface area contributed by atoms with Crippen LogP contribution >= 0.6 is 0 Å². The van der Waals surface area contributed by atoms with E-state index in [1.807, 2.05) is 80.5 Å². The van der Waals surface area contributed by atoms with Crippen molar-refractivity contribution in [3.05, 3.63) is 82.6 Å². The molecule has 4 N–H and O–H groups in total. The van der Waals surface area contributed by atoms with Crippen LogP contribution in [0.3, 0.4) is 0 Å². The molecule has 1 aliphatic carbocycles. The van der Waals surface area contributed by atoms with Gasteiger partial charge < -0.3 is 14.4 Å². The number of rotatable bonds is 16. The molecule has 1 aromatic rings. The highest BCUT2D eigenvalue weighted by Crippen LogP contribution is 2.51. The van der Waals surface area contributed by atoms with Gasteiger partial charge in [0.1, 0.15) is 24.6 Å². The molecule has 1 unspecified atom stereocenters. The van der Waals surface area contributed by atoms with Gasteiger partial charge >= 0.3 is 5.97 Å². The fourth-order valence-electron chi connectivity index (χ4n) is 6.75. The van der Waals surface area contributed by atoms with Crippen LogP contribution in [0.2, 0.25) is 0 Å². The van der Waals surface area contributed by atoms with E-state index in [9.17, 15) is 48.8 Å². The Kier molecular flexibility index (Phi) is 13.1. The van der Waals surface area contributed by atoms with Crippen LogP contribution in [0.15, 0.2) is 69.6 Å². The van der Waals surface area contributed by atoms with Gasteiger partial charge in [-0.05, 0) is 80.6 Å². The monoisotopic (exact) mass is 809 g/mol. The Bertz CT molecular complexity index is 2320. The van der Waals surface area contributed by atoms with Crippen LogP contribution < -0.4 is 14.8 Å². The molecule has 0 fully saturated rings. The smallest absolute Gasteiger partial charge is 0.303 e. The number of carbonyl (C=O) groups is 1. The first-order valence-electron chi connectivity index (χ1n) is 17.5. The fourth-order valence-corrected chi connectivity index (χ4v) is 8.24. The molecule has 0 radical (unpaired) electrons. The topological polar surface area (TPSA) is 220 Å². The van der Waals surface area contributed by atoms with Gasteiger partial charge in [0.2, 0.25) is 5.36 Å². The van der Waals surface area contributed by atoms with Crippen LogP contribution in [0.25, 0.3) is 17.4 Å². The van der Waals surface area contributed by atoms with Gasteiger partial charge in [-0.2, -0.15) is 25.3 Å². The van der Waals surface area contributed by atoms with Gasteiger partial charge in [0.15, 0.2) is 0 Å². The number of carboxylic acids is 1. The Morgan fingerprint density at radius 2 is 1.59 bits per heavy atom. The normalized spacial score (nSPS) is 18.1. The highest BCUT2D eigenvalue weighted by Gasteiger charge is 2.43. The van der Waals surface area contributed by atoms with Crippen LogP contribution in [-0.2, 0) is 46.0 Å². The van der Waals surface area contributed by atoms with E-state index in [-0.39, 0.29) is 49.3 Å². The van der Waals surface area contributed by atoms with Crippen molar-refractivity contribution in [1.82, 2.24) is 4.58 Å². The zero-order valence-electron chi connectivity index (χ0n) is 31.0. The third-order valence-corrected chi connectivity index (χ3v) is 11.9. The Balaban J connectivity index is 1.88. The second kappa shape index (κ2) is 16.5. The van der Waals surface area contributed by atoms with Crippen molar-refractivity contribution in [2.45, 2.75) is 82.4 Å². The average Bonchev–Trinajstić information content (AvgIpc) is 3.27. The summed E-state index contributed by atoms with van der Waals surface area (Å²) in [5, 5.41) is 10.2. The summed E-state index contributed by atoms with van der Waals surface area (Å²) >= 11 is 0. The van der Waals surface area contributed by atoms with Gasteiger partial charge in [0, 0.05) is 53.2 Å². The van der Waals surface area contributed by atoms with E-state index in [1.54, 1.807) is 6.08 Å². The molecule has 4 rings (SSSR count). The number of carboxylic acid groups (broad SMARTS) is 1. The van der Waals surface area contributed by atoms with E-state index < -0.39 is 52.9 Å². The highest BCUT2D eigenvalue weighted by molar-refractivity contribution is 7.86. The van der Waals surface area contributed by atoms with Crippen molar-refractivity contribution in [1.29, 1.82) is 0 Å². The molecule has 296 valence electrons. The van der Waals surface area contributed by atoms with Crippen LogP contribution in [0.1, 0.15) is 83.6 Å². The third kappa shape index (κ3) is 10.9. The summed E-state index contributed by atoms with van der Waals surface area (Å²) in [6.45, 7) is 10.9. The molecule has 54 heavy (non-hydrogen) atoms. The summed E-state index contributed by atoms with van der Waals surface area (Å²) in [7, 11) is -13.0. The maximum absolute atomic E-state index is 12.2. The largest absolute Gasteiger partial charge is 0.481 e. The SMILES string of the molecule is CC[N+](CCCS(=O)(=O)O)=c1ccc2c(/C=C/C=C3/N(CCCS(=O)(=O)O)c4ccc(S(=O)(=O)O)cc4C3(C)CCCC(=O)O)cc(C(C)(C)C)oc-2c1. The summed E-state index contributed by atoms with van der Waals surface area (Å²) in [5.41, 5.74) is 1.92. The molecule has 2 aliphatic heterocycles. The summed E-state index contributed by atoms with van der Waals surface area (Å²) in [6.07, 6.45) is 6.11. The quantitative estimate of drug-likeness (QED) is 0.108. The maximum atomic E-state index is 12.2. The van der Waals surface area contributed by atoms with Crippen LogP contribution in [0.5, 0.6) is 0 Å². The summed E-state index contributed by atoms with van der Waals surface area (Å²) in [6, 6.07) is 11.7. The molecule has 3 aliphatic rings. The van der Waals surface area contributed by atoms with Crippen molar-refractivity contribution in [2.24, 2.45) is 0 Å². The standard InChI is InChI=1S/C37H48N2O12S3/c1-6-38(19-9-21-52(42,43)44)27-14-16-29-26(23-34(36(2,3)4)51-32(29)24-27)11-7-12-33-37(5,18-8-13-35(40)41)30-25-28(54(48,49)50)15-17-31(30)39(33)20-10-22-53(45,46)47/h7,11-12,14-17,23-25H,6,8-10,13,18-22H2,1-5H3,(H3-,40,41,42,43,44,45,46,47,48,49,50)/p+1. The minimum atomic E-state index is -4.60. The number of nitrogens with zero attached hydrogens (tertiary/aromatic N) is 2. The summed E-state index contributed by atoms with van der Waals surface area (Å²) in [4.78, 5) is 13.0. The molecular weight excluding hydrogens is 761 g/mol. The zero-order valence-corrected chi connectivity index (χ0v) is 33.5. The number of anilines is 1. The van der Waals surface area contributed by atoms with Gasteiger partial charge in [-0.25, -0.2) is 4.58 Å². The molecule has 0 saturated carbocycles. The maximum Gasteiger partial charge on any atom is 0.303 e. The molecule has 17 heteroatoms. The van der Waals surface area contributed by atoms with Gasteiger partial charge in [0.05, 0.1) is 22.5 Å². The number of aliphatic carboxylic acids is 1. The highest BCUT2D eigenvalue weighted by atomic mass is 32.2. The summed E-state index contributed by atoms with van der Waals surface area (Å²) in [5.74, 6) is -0.613. The molecule has 0 bridgehead atoms. The first-order valence-corrected chi connectivity index (χ1v) is 22.2. The minimum absolute atomic E-state index is 0.0251. The average molecular weight is 810 g/mol. The van der Waals surface area contributed by atoms with E-state index in [1.165, 1.54) is 18.2 Å². The third-order valence-electron chi connectivity index (χ3n) is 9.49. The number of benzene rings is 2. The lowest BCUT2D eigenvalue weighted by Crippen LogP contribution is -2.31. The Hall–Kier alpha value is -3.87. The predicted molar refractivity (Wildman–Crippen MR) is 206 cm³/mol. The molecule has 0 aromatic heterocycles. The number of allylic oxidation sites excluding steroid dienone is 3. The zero-order chi connectivity index (χ0) is 40.3. The first-order chi connectivity index (χ1) is 24.9. The molecule has 0 saturated heterocycles. The lowest BCUT2D eigenvalue weighted by molar-refractivity contribution is -0.137. The van der Waals surface area contributed by atoms with E-state index in [2.05, 4.69) is 0 Å². The van der Waals surface area contributed by atoms with Crippen LogP contribution in [0.4, 0.5) is 5.69 Å². The second-order valence-corrected chi connectivity index (χ2v) is 19.2. The predicted octanol–water partition coefficient (Wildman–Crippen LogP) is 5.21. The Labute approximate surface area is 317 Å². The number of hydrogen-bond acceptors (Lipinski definition) is 9. The van der Waals surface area contributed by atoms with Crippen LogP contribution in [-0.4, -0.2) is 81.1 Å². The van der Waals surface area contributed by atoms with Gasteiger partial charge in [-0.1, -0.05) is 32.9 Å². The molecular formula is C37H49N2O12S3+. The molecule has 2 heterocycles. The lowest BCUT2D eigenvalue weighted by atomic mass is 9.77. The van der Waals surface area contributed by atoms with E-state index in [0.717, 1.165) is 16.5 Å². The number of fused-ring (bicyclic) bond motifs is 2. The van der Waals surface area contributed by atoms with Crippen LogP contribution in [0, 0.1) is 0 Å². The van der Waals surface area contributed by atoms with Crippen molar-refractivity contribution < 1.29 is 53.2 Å². The first kappa shape index (κ1) is 42.9. The van der Waals surface area contributed by atoms with Gasteiger partial charge in [-0.15, -0.1) is 0 Å². The van der Waals surface area contributed by atoms with Crippen molar-refractivity contribution >= 4 is 48.1 Å². The Morgan fingerprint density at radius 1 is 0.926 bits per heavy atom. The van der Waals surface area contributed by atoms with E-state index in [0.29, 0.717) is 41.6 Å². The molecule has 0 amide bonds. The van der Waals surface area contributed by atoms with Crippen molar-refractivity contribution in [3.8, 4) is 11.3 Å². The molecule has 0 spiro atoms. The van der Waals surface area contributed by atoms with Crippen molar-refractivity contribution in [3.63, 3.8) is 0 Å². The minimum Gasteiger partial charge on any atom is -0.481 e. The van der Waals surface area contributed by atoms with E-state index >= 15 is 0 Å². The summed E-state index contributed by atoms with van der Waals surface area (Å²) < 4.78 is 107. The second-order valence-electron chi connectivity index (χ2n) is 14.7. The number of hydrogen-bond donors (Lipinski definition) is 4. The molecule has 1 aromatic carbocycles. The molecule has 14 nitrogen and oxygen atoms in total.